The minimum atomic E-state index is 0.316. The molecule has 2 heteroatoms. The maximum Gasteiger partial charge on any atom is 0.122 e. The molecule has 0 bridgehead atoms. The zero-order valence-corrected chi connectivity index (χ0v) is 11.8. The molecule has 1 fully saturated rings. The molecular weight excluding hydrogens is 222 g/mol. The lowest BCUT2D eigenvalue weighted by molar-refractivity contribution is 0.317. The molecule has 0 unspecified atom stereocenters. The Labute approximate surface area is 111 Å². The molecule has 0 spiro atoms. The Kier molecular flexibility index (Phi) is 4.28. The van der Waals surface area contributed by atoms with Crippen molar-refractivity contribution in [1.29, 1.82) is 0 Å². The van der Waals surface area contributed by atoms with E-state index in [0.29, 0.717) is 5.41 Å². The number of hydrogen-bond acceptors (Lipinski definition) is 2. The molecule has 2 nitrogen and oxygen atoms in total. The van der Waals surface area contributed by atoms with Crippen molar-refractivity contribution in [2.24, 2.45) is 5.41 Å². The number of rotatable bonds is 7. The number of hydrogen-bond donors (Lipinski definition) is 1. The second kappa shape index (κ2) is 5.75. The Hall–Kier alpha value is -1.02. The lowest BCUT2D eigenvalue weighted by Crippen LogP contribution is -2.25. The Balaban J connectivity index is 1.88. The predicted molar refractivity (Wildman–Crippen MR) is 76.1 cm³/mol. The van der Waals surface area contributed by atoms with Gasteiger partial charge in [-0.2, -0.15) is 0 Å². The molecule has 1 aromatic rings. The summed E-state index contributed by atoms with van der Waals surface area (Å²) < 4.78 is 5.43. The monoisotopic (exact) mass is 247 g/mol. The summed E-state index contributed by atoms with van der Waals surface area (Å²) in [6.45, 7) is 5.81. The van der Waals surface area contributed by atoms with Crippen LogP contribution in [0.5, 0.6) is 5.75 Å². The van der Waals surface area contributed by atoms with Crippen LogP contribution < -0.4 is 10.1 Å². The topological polar surface area (TPSA) is 21.3 Å². The summed E-state index contributed by atoms with van der Waals surface area (Å²) in [6, 6.07) is 9.16. The maximum atomic E-state index is 5.43. The molecule has 0 saturated heterocycles. The third kappa shape index (κ3) is 4.02. The summed E-state index contributed by atoms with van der Waals surface area (Å²) in [4.78, 5) is 0. The Bertz CT molecular complexity index is 382. The quantitative estimate of drug-likeness (QED) is 0.797. The van der Waals surface area contributed by atoms with Gasteiger partial charge in [-0.25, -0.2) is 0 Å². The van der Waals surface area contributed by atoms with E-state index in [1.54, 1.807) is 7.11 Å². The largest absolute Gasteiger partial charge is 0.496 e. The lowest BCUT2D eigenvalue weighted by Gasteiger charge is -2.25. The first-order valence-corrected chi connectivity index (χ1v) is 6.96. The van der Waals surface area contributed by atoms with Gasteiger partial charge in [0.2, 0.25) is 0 Å². The molecule has 1 aromatic carbocycles. The van der Waals surface area contributed by atoms with Gasteiger partial charge in [0.05, 0.1) is 7.11 Å². The molecule has 0 amide bonds. The van der Waals surface area contributed by atoms with Gasteiger partial charge in [-0.1, -0.05) is 32.0 Å². The summed E-state index contributed by atoms with van der Waals surface area (Å²) in [5.41, 5.74) is 1.63. The van der Waals surface area contributed by atoms with Crippen molar-refractivity contribution in [2.75, 3.05) is 13.7 Å². The van der Waals surface area contributed by atoms with Crippen LogP contribution in [-0.2, 0) is 6.42 Å². The van der Waals surface area contributed by atoms with Crippen LogP contribution in [0, 0.1) is 5.41 Å². The van der Waals surface area contributed by atoms with Gasteiger partial charge in [-0.15, -0.1) is 0 Å². The van der Waals surface area contributed by atoms with Gasteiger partial charge in [-0.3, -0.25) is 0 Å². The summed E-state index contributed by atoms with van der Waals surface area (Å²) >= 11 is 0. The van der Waals surface area contributed by atoms with E-state index in [4.69, 9.17) is 4.74 Å². The second-order valence-electron chi connectivity index (χ2n) is 6.13. The number of nitrogens with one attached hydrogen (secondary N) is 1. The van der Waals surface area contributed by atoms with Gasteiger partial charge >= 0.3 is 0 Å². The predicted octanol–water partition coefficient (Wildman–Crippen LogP) is 3.41. The first kappa shape index (κ1) is 13.4. The fraction of sp³-hybridized carbons (Fsp3) is 0.625. The fourth-order valence-electron chi connectivity index (χ4n) is 2.36. The molecule has 0 heterocycles. The lowest BCUT2D eigenvalue weighted by atomic mass is 9.82. The number of ether oxygens (including phenoxy) is 1. The van der Waals surface area contributed by atoms with E-state index in [1.807, 2.05) is 12.1 Å². The number of benzene rings is 1. The van der Waals surface area contributed by atoms with Crippen molar-refractivity contribution in [1.82, 2.24) is 5.32 Å². The Morgan fingerprint density at radius 2 is 2.00 bits per heavy atom. The maximum absolute atomic E-state index is 5.43. The van der Waals surface area contributed by atoms with E-state index < -0.39 is 0 Å². The van der Waals surface area contributed by atoms with Crippen molar-refractivity contribution in [3.63, 3.8) is 0 Å². The first-order chi connectivity index (χ1) is 8.61. The van der Waals surface area contributed by atoms with Crippen LogP contribution in [0.1, 0.15) is 38.7 Å². The highest BCUT2D eigenvalue weighted by Crippen LogP contribution is 2.30. The summed E-state index contributed by atoms with van der Waals surface area (Å²) in [5, 5.41) is 3.60. The smallest absolute Gasteiger partial charge is 0.122 e. The Morgan fingerprint density at radius 3 is 2.67 bits per heavy atom. The minimum Gasteiger partial charge on any atom is -0.496 e. The van der Waals surface area contributed by atoms with Crippen LogP contribution in [0.4, 0.5) is 0 Å². The molecule has 2 rings (SSSR count). The summed E-state index contributed by atoms with van der Waals surface area (Å²) in [5.74, 6) is 1.01. The summed E-state index contributed by atoms with van der Waals surface area (Å²) in [7, 11) is 1.75. The van der Waals surface area contributed by atoms with Gasteiger partial charge in [-0.05, 0) is 49.3 Å². The van der Waals surface area contributed by atoms with Crippen molar-refractivity contribution in [3.8, 4) is 5.75 Å². The van der Waals surface area contributed by atoms with E-state index in [9.17, 15) is 0 Å². The molecule has 100 valence electrons. The van der Waals surface area contributed by atoms with E-state index in [1.165, 1.54) is 24.8 Å². The third-order valence-corrected chi connectivity index (χ3v) is 3.67. The van der Waals surface area contributed by atoms with Crippen LogP contribution >= 0.6 is 0 Å². The highest BCUT2D eigenvalue weighted by Gasteiger charge is 2.23. The molecule has 1 aliphatic carbocycles. The van der Waals surface area contributed by atoms with Gasteiger partial charge in [0, 0.05) is 6.04 Å². The van der Waals surface area contributed by atoms with Crippen molar-refractivity contribution < 1.29 is 4.74 Å². The van der Waals surface area contributed by atoms with E-state index >= 15 is 0 Å². The van der Waals surface area contributed by atoms with Gasteiger partial charge in [0.1, 0.15) is 5.75 Å². The molecule has 1 saturated carbocycles. The zero-order chi connectivity index (χ0) is 13.0. The van der Waals surface area contributed by atoms with Crippen LogP contribution in [0.15, 0.2) is 24.3 Å². The zero-order valence-electron chi connectivity index (χ0n) is 11.8. The van der Waals surface area contributed by atoms with E-state index in [2.05, 4.69) is 31.3 Å². The van der Waals surface area contributed by atoms with Gasteiger partial charge in [0.15, 0.2) is 0 Å². The van der Waals surface area contributed by atoms with Crippen LogP contribution in [0.2, 0.25) is 0 Å². The molecule has 1 N–H and O–H groups in total. The van der Waals surface area contributed by atoms with Crippen molar-refractivity contribution >= 4 is 0 Å². The second-order valence-corrected chi connectivity index (χ2v) is 6.13. The van der Waals surface area contributed by atoms with Gasteiger partial charge in [0.25, 0.3) is 0 Å². The van der Waals surface area contributed by atoms with Crippen LogP contribution in [0.25, 0.3) is 0 Å². The van der Waals surface area contributed by atoms with Crippen LogP contribution in [0.3, 0.4) is 0 Å². The molecule has 0 aromatic heterocycles. The fourth-order valence-corrected chi connectivity index (χ4v) is 2.36. The highest BCUT2D eigenvalue weighted by atomic mass is 16.5. The highest BCUT2D eigenvalue weighted by molar-refractivity contribution is 5.33. The summed E-state index contributed by atoms with van der Waals surface area (Å²) in [6.07, 6.45) is 5.02. The van der Waals surface area contributed by atoms with E-state index in [-0.39, 0.29) is 0 Å². The average Bonchev–Trinajstić information content (AvgIpc) is 3.13. The third-order valence-electron chi connectivity index (χ3n) is 3.67. The van der Waals surface area contributed by atoms with E-state index in [0.717, 1.165) is 24.8 Å². The standard InChI is InChI=1S/C16H25NO/c1-16(2,10-11-17-14-8-9-14)12-13-6-4-5-7-15(13)18-3/h4-7,14,17H,8-12H2,1-3H3. The molecule has 18 heavy (non-hydrogen) atoms. The van der Waals surface area contributed by atoms with Gasteiger partial charge < -0.3 is 10.1 Å². The molecule has 0 radical (unpaired) electrons. The van der Waals surface area contributed by atoms with Crippen molar-refractivity contribution in [2.45, 2.75) is 45.6 Å². The Morgan fingerprint density at radius 1 is 1.28 bits per heavy atom. The molecule has 1 aliphatic rings. The normalized spacial score (nSPS) is 15.7. The SMILES string of the molecule is COc1ccccc1CC(C)(C)CCNC1CC1. The first-order valence-electron chi connectivity index (χ1n) is 6.96. The van der Waals surface area contributed by atoms with Crippen LogP contribution in [-0.4, -0.2) is 19.7 Å². The number of methoxy groups -OCH3 is 1. The minimum absolute atomic E-state index is 0.316. The number of para-hydroxylation sites is 1. The molecular formula is C16H25NO. The molecule has 0 atom stereocenters. The average molecular weight is 247 g/mol. The van der Waals surface area contributed by atoms with Crippen molar-refractivity contribution in [3.05, 3.63) is 29.8 Å². The molecule has 0 aliphatic heterocycles.